The maximum atomic E-state index is 12.9. The minimum Gasteiger partial charge on any atom is -0.480 e. The Labute approximate surface area is 202 Å². The highest BCUT2D eigenvalue weighted by Crippen LogP contribution is 2.11. The molecule has 196 valence electrons. The minimum atomic E-state index is -1.15. The molecule has 0 aliphatic heterocycles. The summed E-state index contributed by atoms with van der Waals surface area (Å²) in [6.07, 6.45) is 1.17. The fourth-order valence-electron chi connectivity index (χ4n) is 3.27. The Morgan fingerprint density at radius 1 is 0.735 bits per heavy atom. The quantitative estimate of drug-likeness (QED) is 0.191. The monoisotopic (exact) mass is 485 g/mol. The second-order valence-corrected chi connectivity index (χ2v) is 9.58. The van der Waals surface area contributed by atoms with E-state index in [1.54, 1.807) is 6.92 Å². The maximum Gasteiger partial charge on any atom is 0.326 e. The number of aliphatic carboxylic acids is 1. The van der Waals surface area contributed by atoms with Crippen LogP contribution in [0, 0.1) is 17.8 Å². The van der Waals surface area contributed by atoms with Gasteiger partial charge in [0.2, 0.25) is 23.6 Å². The Morgan fingerprint density at radius 2 is 1.26 bits per heavy atom. The first-order valence-electron chi connectivity index (χ1n) is 11.9. The molecule has 11 heteroatoms. The van der Waals surface area contributed by atoms with Gasteiger partial charge in [-0.3, -0.25) is 19.2 Å². The molecule has 0 saturated carbocycles. The summed E-state index contributed by atoms with van der Waals surface area (Å²) in [6, 6.07) is -3.90. The third-order valence-corrected chi connectivity index (χ3v) is 5.41. The molecule has 0 radical (unpaired) electrons. The summed E-state index contributed by atoms with van der Waals surface area (Å²) in [5.74, 6) is -3.49. The normalized spacial score (nSPS) is 15.6. The van der Waals surface area contributed by atoms with Crippen LogP contribution < -0.4 is 27.0 Å². The van der Waals surface area contributed by atoms with Gasteiger partial charge in [-0.2, -0.15) is 0 Å². The molecular formula is C23H43N5O6. The molecule has 5 atom stereocenters. The zero-order valence-corrected chi connectivity index (χ0v) is 21.4. The van der Waals surface area contributed by atoms with E-state index in [0.29, 0.717) is 12.8 Å². The van der Waals surface area contributed by atoms with Crippen molar-refractivity contribution in [2.24, 2.45) is 23.5 Å². The zero-order valence-electron chi connectivity index (χ0n) is 21.4. The lowest BCUT2D eigenvalue weighted by Crippen LogP contribution is -2.58. The standard InChI is InChI=1S/C23H43N5O6/c1-8-14(6)19(22(32)27-17(23(33)34)10-13(4)5)28-20(30)15(7)25-21(31)16(9-12(2)3)26-18(29)11-24/h12-17,19H,8-11,24H2,1-7H3,(H,25,31)(H,26,29)(H,27,32)(H,28,30)(H,33,34)/t14-,15-,16-,17-,19-/m0/s1. The number of nitrogens with two attached hydrogens (primary N) is 1. The Morgan fingerprint density at radius 3 is 1.71 bits per heavy atom. The molecule has 34 heavy (non-hydrogen) atoms. The number of hydrogen-bond donors (Lipinski definition) is 6. The molecule has 0 rings (SSSR count). The van der Waals surface area contributed by atoms with Crippen LogP contribution in [0.4, 0.5) is 0 Å². The molecule has 0 heterocycles. The third-order valence-electron chi connectivity index (χ3n) is 5.41. The molecule has 7 N–H and O–H groups in total. The molecule has 0 aromatic rings. The Bertz CT molecular complexity index is 712. The van der Waals surface area contributed by atoms with Crippen LogP contribution in [-0.2, 0) is 24.0 Å². The van der Waals surface area contributed by atoms with Crippen LogP contribution in [0.2, 0.25) is 0 Å². The lowest BCUT2D eigenvalue weighted by molar-refractivity contribution is -0.143. The fraction of sp³-hybridized carbons (Fsp3) is 0.783. The first-order valence-corrected chi connectivity index (χ1v) is 11.9. The number of amides is 4. The van der Waals surface area contributed by atoms with Crippen LogP contribution in [0.5, 0.6) is 0 Å². The van der Waals surface area contributed by atoms with Gasteiger partial charge in [-0.05, 0) is 37.5 Å². The molecule has 11 nitrogen and oxygen atoms in total. The van der Waals surface area contributed by atoms with Gasteiger partial charge in [0.1, 0.15) is 24.2 Å². The lowest BCUT2D eigenvalue weighted by atomic mass is 9.96. The SMILES string of the molecule is CC[C@H](C)[C@H](NC(=O)[C@H](C)NC(=O)[C@H](CC(C)C)NC(=O)CN)C(=O)N[C@@H](CC(C)C)C(=O)O. The van der Waals surface area contributed by atoms with Gasteiger partial charge < -0.3 is 32.1 Å². The summed E-state index contributed by atoms with van der Waals surface area (Å²) in [6.45, 7) is 12.3. The van der Waals surface area contributed by atoms with Crippen molar-refractivity contribution in [3.05, 3.63) is 0 Å². The zero-order chi connectivity index (χ0) is 26.6. The van der Waals surface area contributed by atoms with E-state index >= 15 is 0 Å². The average molecular weight is 486 g/mol. The summed E-state index contributed by atoms with van der Waals surface area (Å²) in [4.78, 5) is 61.6. The van der Waals surface area contributed by atoms with Gasteiger partial charge in [0.05, 0.1) is 6.54 Å². The molecule has 0 aliphatic carbocycles. The van der Waals surface area contributed by atoms with Crippen LogP contribution in [-0.4, -0.2) is 65.4 Å². The highest BCUT2D eigenvalue weighted by atomic mass is 16.4. The number of carbonyl (C=O) groups is 5. The van der Waals surface area contributed by atoms with Crippen molar-refractivity contribution >= 4 is 29.6 Å². The highest BCUT2D eigenvalue weighted by molar-refractivity contribution is 5.95. The number of nitrogens with one attached hydrogen (secondary N) is 4. The molecule has 0 bridgehead atoms. The molecule has 0 unspecified atom stereocenters. The summed E-state index contributed by atoms with van der Waals surface area (Å²) in [5.41, 5.74) is 5.32. The summed E-state index contributed by atoms with van der Waals surface area (Å²) in [5, 5.41) is 19.7. The summed E-state index contributed by atoms with van der Waals surface area (Å²) >= 11 is 0. The van der Waals surface area contributed by atoms with E-state index in [1.807, 2.05) is 34.6 Å². The van der Waals surface area contributed by atoms with Crippen molar-refractivity contribution in [3.63, 3.8) is 0 Å². The highest BCUT2D eigenvalue weighted by Gasteiger charge is 2.32. The van der Waals surface area contributed by atoms with E-state index in [2.05, 4.69) is 21.3 Å². The van der Waals surface area contributed by atoms with Crippen molar-refractivity contribution < 1.29 is 29.1 Å². The topological polar surface area (TPSA) is 180 Å². The van der Waals surface area contributed by atoms with E-state index in [-0.39, 0.29) is 30.7 Å². The number of hydrogen-bond acceptors (Lipinski definition) is 6. The fourth-order valence-corrected chi connectivity index (χ4v) is 3.27. The van der Waals surface area contributed by atoms with Crippen molar-refractivity contribution in [2.45, 2.75) is 91.9 Å². The average Bonchev–Trinajstić information content (AvgIpc) is 2.74. The summed E-state index contributed by atoms with van der Waals surface area (Å²) < 4.78 is 0. The van der Waals surface area contributed by atoms with Gasteiger partial charge in [0.15, 0.2) is 0 Å². The molecule has 0 spiro atoms. The third kappa shape index (κ3) is 11.4. The molecule has 0 saturated heterocycles. The van der Waals surface area contributed by atoms with Gasteiger partial charge in [0, 0.05) is 0 Å². The predicted molar refractivity (Wildman–Crippen MR) is 128 cm³/mol. The van der Waals surface area contributed by atoms with E-state index in [0.717, 1.165) is 0 Å². The summed E-state index contributed by atoms with van der Waals surface area (Å²) in [7, 11) is 0. The number of rotatable bonds is 15. The number of carbonyl (C=O) groups excluding carboxylic acids is 4. The second kappa shape index (κ2) is 15.3. The molecule has 0 fully saturated rings. The largest absolute Gasteiger partial charge is 0.480 e. The predicted octanol–water partition coefficient (Wildman–Crippen LogP) is 0.127. The van der Waals surface area contributed by atoms with Gasteiger partial charge >= 0.3 is 5.97 Å². The van der Waals surface area contributed by atoms with Gasteiger partial charge in [0.25, 0.3) is 0 Å². The van der Waals surface area contributed by atoms with Gasteiger partial charge in [-0.15, -0.1) is 0 Å². The van der Waals surface area contributed by atoms with E-state index < -0.39 is 53.8 Å². The molecular weight excluding hydrogens is 442 g/mol. The minimum absolute atomic E-state index is 0.0480. The maximum absolute atomic E-state index is 12.9. The number of carboxylic acids is 1. The first kappa shape index (κ1) is 31.3. The lowest BCUT2D eigenvalue weighted by Gasteiger charge is -2.28. The van der Waals surface area contributed by atoms with E-state index in [9.17, 15) is 29.1 Å². The smallest absolute Gasteiger partial charge is 0.326 e. The molecule has 0 aromatic heterocycles. The molecule has 0 aromatic carbocycles. The van der Waals surface area contributed by atoms with E-state index in [1.165, 1.54) is 6.92 Å². The van der Waals surface area contributed by atoms with E-state index in [4.69, 9.17) is 5.73 Å². The van der Waals surface area contributed by atoms with Crippen molar-refractivity contribution in [3.8, 4) is 0 Å². The molecule has 0 aliphatic rings. The van der Waals surface area contributed by atoms with Gasteiger partial charge in [-0.1, -0.05) is 48.0 Å². The van der Waals surface area contributed by atoms with Crippen LogP contribution in [0.25, 0.3) is 0 Å². The Kier molecular flexibility index (Phi) is 14.1. The van der Waals surface area contributed by atoms with Gasteiger partial charge in [-0.25, -0.2) is 4.79 Å². The van der Waals surface area contributed by atoms with Crippen LogP contribution >= 0.6 is 0 Å². The molecule has 4 amide bonds. The number of carboxylic acid groups (broad SMARTS) is 1. The first-order chi connectivity index (χ1) is 15.7. The van der Waals surface area contributed by atoms with Crippen molar-refractivity contribution in [1.29, 1.82) is 0 Å². The van der Waals surface area contributed by atoms with Crippen molar-refractivity contribution in [2.75, 3.05) is 6.54 Å². The Balaban J connectivity index is 5.36. The van der Waals surface area contributed by atoms with Crippen LogP contribution in [0.1, 0.15) is 67.7 Å². The van der Waals surface area contributed by atoms with Crippen molar-refractivity contribution in [1.82, 2.24) is 21.3 Å². The second-order valence-electron chi connectivity index (χ2n) is 9.58. The van der Waals surface area contributed by atoms with Crippen LogP contribution in [0.15, 0.2) is 0 Å². The van der Waals surface area contributed by atoms with Crippen LogP contribution in [0.3, 0.4) is 0 Å². The Hall–Kier alpha value is -2.69.